The number of hydrogen-bond donors (Lipinski definition) is 1. The number of nitrogens with one attached hydrogen (secondary N) is 1. The molecule has 1 unspecified atom stereocenters. The average Bonchev–Trinajstić information content (AvgIpc) is 2.37. The zero-order valence-electron chi connectivity index (χ0n) is 9.35. The monoisotopic (exact) mass is 301 g/mol. The van der Waals surface area contributed by atoms with Crippen LogP contribution in [0.4, 0.5) is 5.95 Å². The summed E-state index contributed by atoms with van der Waals surface area (Å²) in [5.41, 5.74) is 0.592. The molecule has 1 aromatic carbocycles. The maximum Gasteiger partial charge on any atom is 0.237 e. The molecule has 1 atom stereocenters. The summed E-state index contributed by atoms with van der Waals surface area (Å²) in [6.07, 6.45) is 0. The van der Waals surface area contributed by atoms with Gasteiger partial charge in [0.1, 0.15) is 10.3 Å². The summed E-state index contributed by atoms with van der Waals surface area (Å²) in [5, 5.41) is 0.477. The van der Waals surface area contributed by atoms with Crippen molar-refractivity contribution in [1.82, 2.24) is 9.97 Å². The van der Waals surface area contributed by atoms with Crippen LogP contribution >= 0.6 is 23.2 Å². The molecule has 4 nitrogen and oxygen atoms in total. The summed E-state index contributed by atoms with van der Waals surface area (Å²) in [4.78, 5) is 8.55. The van der Waals surface area contributed by atoms with Crippen LogP contribution in [0.25, 0.3) is 0 Å². The van der Waals surface area contributed by atoms with E-state index in [1.165, 1.54) is 0 Å². The molecule has 0 amide bonds. The summed E-state index contributed by atoms with van der Waals surface area (Å²) < 4.78 is 14.6. The highest BCUT2D eigenvalue weighted by molar-refractivity contribution is 7.86. The third-order valence-corrected chi connectivity index (χ3v) is 3.97. The third kappa shape index (κ3) is 2.98. The lowest BCUT2D eigenvalue weighted by molar-refractivity contribution is 0.686. The molecule has 1 heterocycles. The van der Waals surface area contributed by atoms with E-state index < -0.39 is 11.0 Å². The van der Waals surface area contributed by atoms with Gasteiger partial charge >= 0.3 is 0 Å². The minimum Gasteiger partial charge on any atom is -0.269 e. The number of aromatic nitrogens is 2. The predicted octanol–water partition coefficient (Wildman–Crippen LogP) is 3.23. The molecule has 1 N–H and O–H groups in total. The Bertz CT molecular complexity index is 569. The van der Waals surface area contributed by atoms with E-state index in [1.807, 2.05) is 6.07 Å². The number of nitrogens with zero attached hydrogens (tertiary/aromatic N) is 2. The summed E-state index contributed by atoms with van der Waals surface area (Å²) in [5.74, 6) is 0.137. The van der Waals surface area contributed by atoms with Crippen LogP contribution in [0.3, 0.4) is 0 Å². The Morgan fingerprint density at radius 1 is 1.11 bits per heavy atom. The topological polar surface area (TPSA) is 54.9 Å². The molecule has 94 valence electrons. The van der Waals surface area contributed by atoms with E-state index in [4.69, 9.17) is 23.2 Å². The Labute approximate surface area is 117 Å². The van der Waals surface area contributed by atoms with E-state index in [9.17, 15) is 4.21 Å². The Balaban J connectivity index is 2.23. The van der Waals surface area contributed by atoms with Gasteiger partial charge < -0.3 is 0 Å². The van der Waals surface area contributed by atoms with Crippen molar-refractivity contribution in [3.05, 3.63) is 46.2 Å². The third-order valence-electron chi connectivity index (χ3n) is 2.17. The highest BCUT2D eigenvalue weighted by Gasteiger charge is 2.10. The van der Waals surface area contributed by atoms with Gasteiger partial charge in [-0.3, -0.25) is 4.72 Å². The maximum absolute atomic E-state index is 12.0. The maximum atomic E-state index is 12.0. The zero-order chi connectivity index (χ0) is 13.1. The molecule has 7 heteroatoms. The van der Waals surface area contributed by atoms with Gasteiger partial charge in [-0.15, -0.1) is 0 Å². The van der Waals surface area contributed by atoms with Crippen molar-refractivity contribution < 1.29 is 4.21 Å². The molecule has 0 aliphatic heterocycles. The normalized spacial score (nSPS) is 12.2. The highest BCUT2D eigenvalue weighted by atomic mass is 35.5. The molecule has 2 aromatic rings. The first-order valence-electron chi connectivity index (χ1n) is 5.01. The predicted molar refractivity (Wildman–Crippen MR) is 73.3 cm³/mol. The fourth-order valence-electron chi connectivity index (χ4n) is 1.20. The minimum absolute atomic E-state index is 0.137. The second-order valence-electron chi connectivity index (χ2n) is 3.44. The SMILES string of the molecule is Cc1c(Cl)nc(NS(=O)c2ccccc2)nc1Cl. The Morgan fingerprint density at radius 2 is 1.67 bits per heavy atom. The van der Waals surface area contributed by atoms with Crippen molar-refractivity contribution in [2.24, 2.45) is 0 Å². The van der Waals surface area contributed by atoms with E-state index in [0.29, 0.717) is 10.5 Å². The lowest BCUT2D eigenvalue weighted by Crippen LogP contribution is -2.08. The van der Waals surface area contributed by atoms with E-state index in [-0.39, 0.29) is 16.3 Å². The first kappa shape index (κ1) is 13.3. The van der Waals surface area contributed by atoms with Crippen molar-refractivity contribution in [2.45, 2.75) is 11.8 Å². The number of benzene rings is 1. The fraction of sp³-hybridized carbons (Fsp3) is 0.0909. The number of rotatable bonds is 3. The number of anilines is 1. The van der Waals surface area contributed by atoms with Gasteiger partial charge in [0.15, 0.2) is 11.0 Å². The van der Waals surface area contributed by atoms with Crippen LogP contribution in [0.1, 0.15) is 5.56 Å². The van der Waals surface area contributed by atoms with E-state index >= 15 is 0 Å². The molecule has 0 saturated carbocycles. The lowest BCUT2D eigenvalue weighted by Gasteiger charge is -2.06. The van der Waals surface area contributed by atoms with E-state index in [0.717, 1.165) is 0 Å². The number of halogens is 2. The van der Waals surface area contributed by atoms with Gasteiger partial charge in [-0.1, -0.05) is 41.4 Å². The molecule has 18 heavy (non-hydrogen) atoms. The Hall–Kier alpha value is -1.17. The molecule has 0 aliphatic carbocycles. The minimum atomic E-state index is -1.45. The van der Waals surface area contributed by atoms with Gasteiger partial charge in [0.2, 0.25) is 5.95 Å². The summed E-state index contributed by atoms with van der Waals surface area (Å²) in [7, 11) is -1.45. The molecule has 0 fully saturated rings. The Kier molecular flexibility index (Phi) is 4.16. The second-order valence-corrected chi connectivity index (χ2v) is 5.37. The van der Waals surface area contributed by atoms with Gasteiger partial charge in [0.25, 0.3) is 0 Å². The lowest BCUT2D eigenvalue weighted by atomic mass is 10.4. The molecule has 0 spiro atoms. The van der Waals surface area contributed by atoms with Crippen molar-refractivity contribution in [2.75, 3.05) is 4.72 Å². The first-order valence-corrected chi connectivity index (χ1v) is 6.91. The van der Waals surface area contributed by atoms with Crippen LogP contribution in [0.2, 0.25) is 10.3 Å². The molecule has 1 aromatic heterocycles. The second kappa shape index (κ2) is 5.65. The van der Waals surface area contributed by atoms with Crippen LogP contribution in [-0.4, -0.2) is 14.2 Å². The van der Waals surface area contributed by atoms with Crippen LogP contribution in [0.15, 0.2) is 35.2 Å². The largest absolute Gasteiger partial charge is 0.269 e. The van der Waals surface area contributed by atoms with Crippen molar-refractivity contribution in [3.63, 3.8) is 0 Å². The average molecular weight is 302 g/mol. The first-order chi connectivity index (χ1) is 8.58. The molecule has 0 radical (unpaired) electrons. The standard InChI is InChI=1S/C11H9Cl2N3OS/c1-7-9(12)14-11(15-10(7)13)16-18(17)8-5-3-2-4-6-8/h2-6H,1H3,(H,14,15,16). The quantitative estimate of drug-likeness (QED) is 0.886. The van der Waals surface area contributed by atoms with Crippen molar-refractivity contribution in [1.29, 1.82) is 0 Å². The van der Waals surface area contributed by atoms with Gasteiger partial charge in [-0.2, -0.15) is 9.97 Å². The summed E-state index contributed by atoms with van der Waals surface area (Å²) >= 11 is 11.7. The zero-order valence-corrected chi connectivity index (χ0v) is 11.7. The summed E-state index contributed by atoms with van der Waals surface area (Å²) in [6.45, 7) is 1.71. The molecule has 2 rings (SSSR count). The molecule has 0 aliphatic rings. The van der Waals surface area contributed by atoms with Crippen LogP contribution < -0.4 is 4.72 Å². The number of hydrogen-bond acceptors (Lipinski definition) is 3. The highest BCUT2D eigenvalue weighted by Crippen LogP contribution is 2.22. The van der Waals surface area contributed by atoms with Crippen molar-refractivity contribution >= 4 is 40.1 Å². The molecular weight excluding hydrogens is 293 g/mol. The van der Waals surface area contributed by atoms with E-state index in [2.05, 4.69) is 14.7 Å². The van der Waals surface area contributed by atoms with Crippen molar-refractivity contribution in [3.8, 4) is 0 Å². The van der Waals surface area contributed by atoms with E-state index in [1.54, 1.807) is 31.2 Å². The van der Waals surface area contributed by atoms with Crippen LogP contribution in [0.5, 0.6) is 0 Å². The van der Waals surface area contributed by atoms with Gasteiger partial charge in [-0.05, 0) is 19.1 Å². The molecular formula is C11H9Cl2N3OS. The van der Waals surface area contributed by atoms with Gasteiger partial charge in [0, 0.05) is 5.56 Å². The molecule has 0 bridgehead atoms. The van der Waals surface area contributed by atoms with Crippen LogP contribution in [-0.2, 0) is 11.0 Å². The van der Waals surface area contributed by atoms with Gasteiger partial charge in [-0.25, -0.2) is 4.21 Å². The smallest absolute Gasteiger partial charge is 0.237 e. The van der Waals surface area contributed by atoms with Gasteiger partial charge in [0.05, 0.1) is 4.90 Å². The molecule has 0 saturated heterocycles. The van der Waals surface area contributed by atoms with Crippen LogP contribution in [0, 0.1) is 6.92 Å². The fourth-order valence-corrected chi connectivity index (χ4v) is 2.36. The Morgan fingerprint density at radius 3 is 2.22 bits per heavy atom. The summed E-state index contributed by atoms with van der Waals surface area (Å²) in [6, 6.07) is 8.91.